The van der Waals surface area contributed by atoms with Crippen LogP contribution in [-0.4, -0.2) is 69.0 Å². The number of methoxy groups -OCH3 is 1. The molecule has 0 aliphatic heterocycles. The summed E-state index contributed by atoms with van der Waals surface area (Å²) in [5, 5.41) is 45.9. The van der Waals surface area contributed by atoms with E-state index in [4.69, 9.17) is 4.74 Å². The first kappa shape index (κ1) is 30.4. The molecule has 0 aromatic rings. The van der Waals surface area contributed by atoms with Crippen molar-refractivity contribution in [2.45, 2.75) is 117 Å². The minimum atomic E-state index is -1.54. The second-order valence-electron chi connectivity index (χ2n) is 14.6. The predicted molar refractivity (Wildman–Crippen MR) is 144 cm³/mol. The highest BCUT2D eigenvalue weighted by atomic mass is 16.5. The average molecular weight is 549 g/mol. The quantitative estimate of drug-likeness (QED) is 0.371. The normalized spacial score (nSPS) is 43.6. The number of hydrogen-bond acceptors (Lipinski definition) is 8. The third kappa shape index (κ3) is 4.19. The van der Waals surface area contributed by atoms with E-state index in [0.717, 1.165) is 0 Å². The maximum atomic E-state index is 14.2. The first-order valence-corrected chi connectivity index (χ1v) is 14.4. The van der Waals surface area contributed by atoms with Gasteiger partial charge in [0.2, 0.25) is 0 Å². The van der Waals surface area contributed by atoms with Gasteiger partial charge >= 0.3 is 5.97 Å². The number of hydrogen-bond donors (Lipinski definition) is 4. The van der Waals surface area contributed by atoms with Gasteiger partial charge in [-0.3, -0.25) is 14.4 Å². The van der Waals surface area contributed by atoms with E-state index in [9.17, 15) is 34.8 Å². The summed E-state index contributed by atoms with van der Waals surface area (Å²) in [6.07, 6.45) is -0.874. The van der Waals surface area contributed by atoms with Crippen LogP contribution in [0.2, 0.25) is 0 Å². The molecular weight excluding hydrogens is 500 g/mol. The molecule has 4 aliphatic carbocycles. The molecule has 4 aliphatic rings. The van der Waals surface area contributed by atoms with Crippen LogP contribution in [-0.2, 0) is 19.1 Å². The van der Waals surface area contributed by atoms with Gasteiger partial charge in [-0.05, 0) is 66.3 Å². The van der Waals surface area contributed by atoms with Gasteiger partial charge in [-0.2, -0.15) is 0 Å². The first-order valence-electron chi connectivity index (χ1n) is 14.4. The SMILES string of the molecule is COC(=O)C(C)CC(=O)CC(C)(O)C1CC(O)C2(C)C3=C(C(=O)CC12C)C1(C)CCC(O)C(C)(C)C1CC3O. The zero-order chi connectivity index (χ0) is 29.5. The number of aliphatic hydroxyl groups is 4. The highest BCUT2D eigenvalue weighted by molar-refractivity contribution is 6.00. The van der Waals surface area contributed by atoms with Crippen molar-refractivity contribution in [2.24, 2.45) is 39.4 Å². The molecule has 4 rings (SSSR count). The number of Topliss-reactive ketones (excluding diaryl/α,β-unsaturated/α-hetero) is 2. The highest BCUT2D eigenvalue weighted by Gasteiger charge is 2.71. The van der Waals surface area contributed by atoms with Gasteiger partial charge in [-0.15, -0.1) is 0 Å². The molecule has 0 amide bonds. The molecule has 0 bridgehead atoms. The summed E-state index contributed by atoms with van der Waals surface area (Å²) in [6.45, 7) is 13.1. The Morgan fingerprint density at radius 2 is 1.69 bits per heavy atom. The Kier molecular flexibility index (Phi) is 7.37. The van der Waals surface area contributed by atoms with E-state index >= 15 is 0 Å². The lowest BCUT2D eigenvalue weighted by Crippen LogP contribution is -2.61. The smallest absolute Gasteiger partial charge is 0.308 e. The molecule has 39 heavy (non-hydrogen) atoms. The van der Waals surface area contributed by atoms with Crippen molar-refractivity contribution in [3.63, 3.8) is 0 Å². The van der Waals surface area contributed by atoms with Crippen LogP contribution in [0.1, 0.15) is 93.4 Å². The van der Waals surface area contributed by atoms with Crippen molar-refractivity contribution in [1.29, 1.82) is 0 Å². The van der Waals surface area contributed by atoms with E-state index in [1.165, 1.54) is 7.11 Å². The predicted octanol–water partition coefficient (Wildman–Crippen LogP) is 3.13. The second kappa shape index (κ2) is 9.47. The van der Waals surface area contributed by atoms with Gasteiger partial charge in [0.15, 0.2) is 5.78 Å². The Morgan fingerprint density at radius 1 is 1.08 bits per heavy atom. The molecule has 10 atom stereocenters. The lowest BCUT2D eigenvalue weighted by molar-refractivity contribution is -0.150. The molecule has 2 saturated carbocycles. The zero-order valence-electron chi connectivity index (χ0n) is 24.8. The fraction of sp³-hybridized carbons (Fsp3) is 0.839. The molecule has 0 heterocycles. The highest BCUT2D eigenvalue weighted by Crippen LogP contribution is 2.72. The molecule has 8 heteroatoms. The fourth-order valence-electron chi connectivity index (χ4n) is 9.63. The van der Waals surface area contributed by atoms with Crippen LogP contribution >= 0.6 is 0 Å². The second-order valence-corrected chi connectivity index (χ2v) is 14.6. The molecule has 0 saturated heterocycles. The Labute approximate surface area is 232 Å². The van der Waals surface area contributed by atoms with E-state index in [0.29, 0.717) is 30.4 Å². The third-order valence-electron chi connectivity index (χ3n) is 12.0. The van der Waals surface area contributed by atoms with Gasteiger partial charge < -0.3 is 25.2 Å². The fourth-order valence-corrected chi connectivity index (χ4v) is 9.63. The molecule has 10 unspecified atom stereocenters. The number of esters is 1. The molecule has 220 valence electrons. The Bertz CT molecular complexity index is 1090. The summed E-state index contributed by atoms with van der Waals surface area (Å²) in [4.78, 5) is 38.9. The summed E-state index contributed by atoms with van der Waals surface area (Å²) >= 11 is 0. The molecule has 4 N–H and O–H groups in total. The van der Waals surface area contributed by atoms with Gasteiger partial charge in [-0.25, -0.2) is 0 Å². The Hall–Kier alpha value is -1.61. The van der Waals surface area contributed by atoms with Gasteiger partial charge in [-0.1, -0.05) is 41.5 Å². The monoisotopic (exact) mass is 548 g/mol. The summed E-state index contributed by atoms with van der Waals surface area (Å²) in [6, 6.07) is 0. The van der Waals surface area contributed by atoms with Crippen LogP contribution in [0.15, 0.2) is 11.1 Å². The first-order chi connectivity index (χ1) is 17.8. The Balaban J connectivity index is 1.75. The lowest BCUT2D eigenvalue weighted by Gasteiger charge is -2.62. The molecule has 0 radical (unpaired) electrons. The van der Waals surface area contributed by atoms with E-state index in [2.05, 4.69) is 6.92 Å². The van der Waals surface area contributed by atoms with Gasteiger partial charge in [0.25, 0.3) is 0 Å². The van der Waals surface area contributed by atoms with E-state index < -0.39 is 63.4 Å². The standard InChI is InChI=1S/C31H48O8/c1-16(26(37)39-8)11-17(32)14-30(6,38)21-13-23(36)31(7)25-18(33)12-20-27(2,3)22(35)9-10-28(20,4)24(25)19(34)15-29(21,31)5/h16,18,20-23,33,35-36,38H,9-15H2,1-8H3. The number of allylic oxidation sites excluding steroid dienone is 1. The number of ketones is 2. The summed E-state index contributed by atoms with van der Waals surface area (Å²) < 4.78 is 4.73. The van der Waals surface area contributed by atoms with E-state index in [-0.39, 0.29) is 43.2 Å². The summed E-state index contributed by atoms with van der Waals surface area (Å²) in [7, 11) is 1.27. The third-order valence-corrected chi connectivity index (χ3v) is 12.0. The number of carbonyl (C=O) groups is 3. The van der Waals surface area contributed by atoms with Gasteiger partial charge in [0.1, 0.15) is 5.78 Å². The number of fused-ring (bicyclic) bond motifs is 4. The molecule has 0 aromatic carbocycles. The molecular formula is C31H48O8. The number of rotatable bonds is 6. The van der Waals surface area contributed by atoms with Crippen LogP contribution in [0.3, 0.4) is 0 Å². The van der Waals surface area contributed by atoms with Gasteiger partial charge in [0.05, 0.1) is 36.9 Å². The van der Waals surface area contributed by atoms with Crippen molar-refractivity contribution >= 4 is 17.5 Å². The molecule has 0 aromatic heterocycles. The van der Waals surface area contributed by atoms with Crippen LogP contribution < -0.4 is 0 Å². The number of aliphatic hydroxyl groups excluding tert-OH is 3. The van der Waals surface area contributed by atoms with Crippen LogP contribution in [0.25, 0.3) is 0 Å². The minimum absolute atomic E-state index is 0.0690. The van der Waals surface area contributed by atoms with E-state index in [1.54, 1.807) is 13.8 Å². The van der Waals surface area contributed by atoms with Crippen molar-refractivity contribution < 1.29 is 39.5 Å². The van der Waals surface area contributed by atoms with Crippen molar-refractivity contribution in [3.8, 4) is 0 Å². The van der Waals surface area contributed by atoms with Crippen molar-refractivity contribution in [3.05, 3.63) is 11.1 Å². The van der Waals surface area contributed by atoms with Crippen LogP contribution in [0.4, 0.5) is 0 Å². The van der Waals surface area contributed by atoms with Crippen molar-refractivity contribution in [2.75, 3.05) is 7.11 Å². The molecule has 0 spiro atoms. The molecule has 8 nitrogen and oxygen atoms in total. The maximum Gasteiger partial charge on any atom is 0.308 e. The van der Waals surface area contributed by atoms with Crippen LogP contribution in [0.5, 0.6) is 0 Å². The topological polar surface area (TPSA) is 141 Å². The van der Waals surface area contributed by atoms with Crippen molar-refractivity contribution in [1.82, 2.24) is 0 Å². The lowest BCUT2D eigenvalue weighted by atomic mass is 9.42. The maximum absolute atomic E-state index is 14.2. The van der Waals surface area contributed by atoms with Gasteiger partial charge in [0, 0.05) is 30.3 Å². The largest absolute Gasteiger partial charge is 0.469 e. The number of ether oxygens (including phenoxy) is 1. The van der Waals surface area contributed by atoms with Crippen LogP contribution in [0, 0.1) is 39.4 Å². The number of carbonyl (C=O) groups excluding carboxylic acids is 3. The zero-order valence-corrected chi connectivity index (χ0v) is 24.8. The summed E-state index contributed by atoms with van der Waals surface area (Å²) in [5.74, 6) is -2.20. The summed E-state index contributed by atoms with van der Waals surface area (Å²) in [5.41, 5.74) is -3.27. The van der Waals surface area contributed by atoms with E-state index in [1.807, 2.05) is 27.7 Å². The minimum Gasteiger partial charge on any atom is -0.469 e. The molecule has 2 fully saturated rings. The Morgan fingerprint density at radius 3 is 2.28 bits per heavy atom. The average Bonchev–Trinajstić information content (AvgIpc) is 3.03.